The zero-order valence-corrected chi connectivity index (χ0v) is 21.1. The van der Waals surface area contributed by atoms with Gasteiger partial charge in [0.15, 0.2) is 18.1 Å². The van der Waals surface area contributed by atoms with Gasteiger partial charge in [0.05, 0.1) is 12.5 Å². The molecule has 1 atom stereocenters. The van der Waals surface area contributed by atoms with Crippen molar-refractivity contribution < 1.29 is 55.2 Å². The lowest BCUT2D eigenvalue weighted by atomic mass is 9.98. The number of ether oxygens (including phenoxy) is 3. The van der Waals surface area contributed by atoms with Crippen LogP contribution in [-0.2, 0) is 22.6 Å². The molecule has 0 spiro atoms. The van der Waals surface area contributed by atoms with Crippen LogP contribution in [0.1, 0.15) is 24.0 Å². The molecule has 1 fully saturated rings. The summed E-state index contributed by atoms with van der Waals surface area (Å²) in [6, 6.07) is 8.09. The first-order valence-electron chi connectivity index (χ1n) is 12.4. The summed E-state index contributed by atoms with van der Waals surface area (Å²) in [5.74, 6) is -2.78. The summed E-state index contributed by atoms with van der Waals surface area (Å²) < 4.78 is 89.7. The summed E-state index contributed by atoms with van der Waals surface area (Å²) in [5, 5.41) is 9.27. The van der Waals surface area contributed by atoms with Crippen molar-refractivity contribution in [1.29, 1.82) is 0 Å². The minimum Gasteiger partial charge on any atom is -0.489 e. The number of benzene rings is 2. The van der Waals surface area contributed by atoms with Crippen molar-refractivity contribution in [3.63, 3.8) is 0 Å². The lowest BCUT2D eigenvalue weighted by molar-refractivity contribution is -0.275. The predicted molar refractivity (Wildman–Crippen MR) is 128 cm³/mol. The van der Waals surface area contributed by atoms with E-state index in [1.54, 1.807) is 23.1 Å². The first-order valence-corrected chi connectivity index (χ1v) is 12.4. The number of halogens is 6. The Bertz CT molecular complexity index is 1240. The number of amides is 1. The highest BCUT2D eigenvalue weighted by Crippen LogP contribution is 2.35. The zero-order valence-electron chi connectivity index (χ0n) is 21.1. The number of anilines is 1. The highest BCUT2D eigenvalue weighted by atomic mass is 19.4. The molecule has 1 saturated heterocycles. The Balaban J connectivity index is 1.38. The SMILES string of the molecule is O=C(O)[C@@H]1CCCN(CC(=O)N2CCc3cc(OCc4ccc(OCC(F)(F)F)c(OC(F)(F)F)c4)ccc32)C1. The maximum Gasteiger partial charge on any atom is 0.573 e. The second kappa shape index (κ2) is 11.8. The number of carbonyl (C=O) groups is 2. The van der Waals surface area contributed by atoms with Gasteiger partial charge in [-0.1, -0.05) is 6.07 Å². The van der Waals surface area contributed by atoms with Crippen molar-refractivity contribution in [3.05, 3.63) is 47.5 Å². The van der Waals surface area contributed by atoms with Gasteiger partial charge in [0, 0.05) is 18.8 Å². The Kier molecular flexibility index (Phi) is 8.66. The fraction of sp³-hybridized carbons (Fsp3) is 0.462. The van der Waals surface area contributed by atoms with Crippen LogP contribution in [0.3, 0.4) is 0 Å². The van der Waals surface area contributed by atoms with Gasteiger partial charge in [0.2, 0.25) is 5.91 Å². The Morgan fingerprint density at radius 3 is 2.45 bits per heavy atom. The minimum absolute atomic E-state index is 0.104. The topological polar surface area (TPSA) is 88.5 Å². The lowest BCUT2D eigenvalue weighted by Crippen LogP contribution is -2.45. The molecule has 8 nitrogen and oxygen atoms in total. The molecule has 2 aromatic rings. The smallest absolute Gasteiger partial charge is 0.489 e. The number of alkyl halides is 6. The van der Waals surface area contributed by atoms with Gasteiger partial charge in [0.25, 0.3) is 0 Å². The number of aliphatic carboxylic acids is 1. The number of nitrogens with zero attached hydrogens (tertiary/aromatic N) is 2. The van der Waals surface area contributed by atoms with E-state index in [0.717, 1.165) is 17.7 Å². The molecule has 4 rings (SSSR count). The largest absolute Gasteiger partial charge is 0.573 e. The molecule has 2 aliphatic heterocycles. The van der Waals surface area contributed by atoms with Crippen molar-refractivity contribution in [1.82, 2.24) is 4.90 Å². The Hall–Kier alpha value is -3.68. The number of carbonyl (C=O) groups excluding carboxylic acids is 1. The number of piperidine rings is 1. The molecule has 0 aromatic heterocycles. The summed E-state index contributed by atoms with van der Waals surface area (Å²) in [7, 11) is 0. The van der Waals surface area contributed by atoms with Gasteiger partial charge in [-0.3, -0.25) is 14.5 Å². The molecule has 0 aliphatic carbocycles. The molecule has 1 N–H and O–H groups in total. The highest BCUT2D eigenvalue weighted by molar-refractivity contribution is 5.97. The van der Waals surface area contributed by atoms with Crippen LogP contribution in [-0.4, -0.2) is 67.2 Å². The van der Waals surface area contributed by atoms with E-state index in [1.807, 2.05) is 4.90 Å². The molecule has 218 valence electrons. The molecule has 14 heteroatoms. The number of likely N-dealkylation sites (tertiary alicyclic amines) is 1. The molecule has 0 radical (unpaired) electrons. The zero-order chi connectivity index (χ0) is 29.1. The number of hydrogen-bond acceptors (Lipinski definition) is 6. The standard InChI is InChI=1S/C26H26F6N2O6/c27-25(28,29)15-39-21-6-3-16(10-22(21)40-26(30,31)32)14-38-19-4-5-20-17(11-19)7-9-34(20)23(35)13-33-8-1-2-18(12-33)24(36)37/h3-6,10-11,18H,1-2,7-9,12-15H2,(H,36,37)/t18-/m1/s1. The predicted octanol–water partition coefficient (Wildman–Crippen LogP) is 4.79. The fourth-order valence-electron chi connectivity index (χ4n) is 4.70. The molecule has 40 heavy (non-hydrogen) atoms. The van der Waals surface area contributed by atoms with Gasteiger partial charge in [-0.05, 0) is 67.3 Å². The molecule has 0 unspecified atom stereocenters. The third kappa shape index (κ3) is 7.93. The van der Waals surface area contributed by atoms with E-state index in [-0.39, 0.29) is 24.6 Å². The average Bonchev–Trinajstić information content (AvgIpc) is 3.29. The minimum atomic E-state index is -5.15. The van der Waals surface area contributed by atoms with Crippen molar-refractivity contribution in [2.75, 3.05) is 37.7 Å². The molecule has 0 saturated carbocycles. The van der Waals surface area contributed by atoms with E-state index in [4.69, 9.17) is 4.74 Å². The van der Waals surface area contributed by atoms with Crippen molar-refractivity contribution in [2.45, 2.75) is 38.4 Å². The van der Waals surface area contributed by atoms with Crippen LogP contribution in [0.25, 0.3) is 0 Å². The first kappa shape index (κ1) is 29.3. The molecular formula is C26H26F6N2O6. The number of hydrogen-bond donors (Lipinski definition) is 1. The monoisotopic (exact) mass is 576 g/mol. The maximum absolute atomic E-state index is 12.9. The fourth-order valence-corrected chi connectivity index (χ4v) is 4.70. The third-order valence-electron chi connectivity index (χ3n) is 6.49. The van der Waals surface area contributed by atoms with Gasteiger partial charge in [0.1, 0.15) is 12.4 Å². The second-order valence-electron chi connectivity index (χ2n) is 9.52. The van der Waals surface area contributed by atoms with Crippen LogP contribution in [0.5, 0.6) is 17.2 Å². The van der Waals surface area contributed by atoms with E-state index >= 15 is 0 Å². The van der Waals surface area contributed by atoms with E-state index in [1.165, 1.54) is 6.07 Å². The third-order valence-corrected chi connectivity index (χ3v) is 6.49. The average molecular weight is 576 g/mol. The van der Waals surface area contributed by atoms with Gasteiger partial charge in [-0.2, -0.15) is 13.2 Å². The van der Waals surface area contributed by atoms with Crippen LogP contribution in [0.2, 0.25) is 0 Å². The van der Waals surface area contributed by atoms with E-state index in [2.05, 4.69) is 9.47 Å². The van der Waals surface area contributed by atoms with Crippen LogP contribution in [0, 0.1) is 5.92 Å². The molecule has 0 bridgehead atoms. The normalized spacial score (nSPS) is 17.9. The van der Waals surface area contributed by atoms with Crippen LogP contribution >= 0.6 is 0 Å². The van der Waals surface area contributed by atoms with Gasteiger partial charge < -0.3 is 24.2 Å². The summed E-state index contributed by atoms with van der Waals surface area (Å²) in [6.45, 7) is -0.493. The quantitative estimate of drug-likeness (QED) is 0.430. The first-order chi connectivity index (χ1) is 18.8. The van der Waals surface area contributed by atoms with E-state index < -0.39 is 42.5 Å². The summed E-state index contributed by atoms with van der Waals surface area (Å²) in [5.41, 5.74) is 1.71. The Labute approximate surface area is 225 Å². The summed E-state index contributed by atoms with van der Waals surface area (Å²) >= 11 is 0. The molecule has 2 aliphatic rings. The van der Waals surface area contributed by atoms with Crippen molar-refractivity contribution >= 4 is 17.6 Å². The number of rotatable bonds is 9. The second-order valence-corrected chi connectivity index (χ2v) is 9.52. The van der Waals surface area contributed by atoms with Crippen molar-refractivity contribution in [3.8, 4) is 17.2 Å². The number of carboxylic acids is 1. The van der Waals surface area contributed by atoms with Gasteiger partial charge >= 0.3 is 18.5 Å². The lowest BCUT2D eigenvalue weighted by Gasteiger charge is -2.31. The van der Waals surface area contributed by atoms with E-state index in [0.29, 0.717) is 50.3 Å². The molecule has 1 amide bonds. The van der Waals surface area contributed by atoms with Gasteiger partial charge in [-0.15, -0.1) is 13.2 Å². The molecule has 2 heterocycles. The molecular weight excluding hydrogens is 550 g/mol. The van der Waals surface area contributed by atoms with Crippen molar-refractivity contribution in [2.24, 2.45) is 5.92 Å². The maximum atomic E-state index is 12.9. The Morgan fingerprint density at radius 2 is 1.75 bits per heavy atom. The van der Waals surface area contributed by atoms with E-state index in [9.17, 15) is 41.0 Å². The number of carboxylic acid groups (broad SMARTS) is 1. The highest BCUT2D eigenvalue weighted by Gasteiger charge is 2.34. The summed E-state index contributed by atoms with van der Waals surface area (Å²) in [4.78, 5) is 27.7. The van der Waals surface area contributed by atoms with Crippen LogP contribution in [0.15, 0.2) is 36.4 Å². The molecule has 2 aromatic carbocycles. The van der Waals surface area contributed by atoms with Crippen LogP contribution < -0.4 is 19.1 Å². The van der Waals surface area contributed by atoms with Gasteiger partial charge in [-0.25, -0.2) is 0 Å². The number of fused-ring (bicyclic) bond motifs is 1. The Morgan fingerprint density at radius 1 is 0.975 bits per heavy atom. The summed E-state index contributed by atoms with van der Waals surface area (Å²) in [6.07, 6.45) is -8.06. The van der Waals surface area contributed by atoms with Crippen LogP contribution in [0.4, 0.5) is 32.0 Å².